The van der Waals surface area contributed by atoms with E-state index in [0.717, 1.165) is 35.5 Å². The molecule has 4 nitrogen and oxygen atoms in total. The number of piperidine rings is 1. The van der Waals surface area contributed by atoms with E-state index in [1.165, 1.54) is 12.8 Å². The zero-order valence-corrected chi connectivity index (χ0v) is 18.4. The average Bonchev–Trinajstić information content (AvgIpc) is 3.22. The molecule has 2 fully saturated rings. The number of carbonyl (C=O) groups is 1. The van der Waals surface area contributed by atoms with Gasteiger partial charge in [0.25, 0.3) is 0 Å². The fourth-order valence-electron chi connectivity index (χ4n) is 4.20. The summed E-state index contributed by atoms with van der Waals surface area (Å²) < 4.78 is 11.7. The van der Waals surface area contributed by atoms with Gasteiger partial charge in [-0.3, -0.25) is 4.79 Å². The number of ether oxygens (including phenoxy) is 2. The molecule has 30 heavy (non-hydrogen) atoms. The molecule has 1 aliphatic heterocycles. The van der Waals surface area contributed by atoms with E-state index < -0.39 is 0 Å². The van der Waals surface area contributed by atoms with Crippen molar-refractivity contribution >= 4 is 35.2 Å². The fraction of sp³-hybridized carbons (Fsp3) is 0.375. The number of hydrogen-bond donors (Lipinski definition) is 1. The van der Waals surface area contributed by atoms with E-state index in [4.69, 9.17) is 32.7 Å². The molecular weight excluding hydrogens is 421 g/mol. The van der Waals surface area contributed by atoms with E-state index in [1.807, 2.05) is 12.1 Å². The molecule has 2 aromatic carbocycles. The molecule has 1 saturated heterocycles. The molecule has 4 rings (SSSR count). The van der Waals surface area contributed by atoms with Gasteiger partial charge in [0.1, 0.15) is 0 Å². The van der Waals surface area contributed by atoms with Crippen LogP contribution in [0.3, 0.4) is 0 Å². The third-order valence-electron chi connectivity index (χ3n) is 5.75. The molecule has 6 heteroatoms. The first-order valence-corrected chi connectivity index (χ1v) is 11.1. The molecule has 1 heterocycles. The topological polar surface area (TPSA) is 47.6 Å². The van der Waals surface area contributed by atoms with Gasteiger partial charge in [-0.2, -0.15) is 0 Å². The lowest BCUT2D eigenvalue weighted by Gasteiger charge is -2.26. The minimum absolute atomic E-state index is 0.0571. The van der Waals surface area contributed by atoms with Gasteiger partial charge in [0.15, 0.2) is 11.5 Å². The lowest BCUT2D eigenvalue weighted by molar-refractivity contribution is -0.118. The maximum absolute atomic E-state index is 12.5. The third-order valence-corrected chi connectivity index (χ3v) is 6.18. The predicted molar refractivity (Wildman–Crippen MR) is 121 cm³/mol. The van der Waals surface area contributed by atoms with Crippen molar-refractivity contribution < 1.29 is 14.3 Å². The van der Waals surface area contributed by atoms with Crippen molar-refractivity contribution in [1.82, 2.24) is 5.32 Å². The summed E-state index contributed by atoms with van der Waals surface area (Å²) in [4.78, 5) is 12.5. The van der Waals surface area contributed by atoms with Gasteiger partial charge in [-0.05, 0) is 79.6 Å². The third kappa shape index (κ3) is 4.93. The number of methoxy groups -OCH3 is 1. The SMILES string of the molecule is COc1ccc(C2CNC(=O)C(=Cc3cc(Cl)cc(Cl)c3)C2)cc1OC1CCCC1. The summed E-state index contributed by atoms with van der Waals surface area (Å²) in [5, 5.41) is 4.10. The summed E-state index contributed by atoms with van der Waals surface area (Å²) in [7, 11) is 1.66. The van der Waals surface area contributed by atoms with Crippen LogP contribution in [0.25, 0.3) is 6.08 Å². The standard InChI is InChI=1S/C24H25Cl2NO3/c1-29-22-7-6-16(12-23(22)30-21-4-2-3-5-21)18-11-17(24(28)27-14-18)8-15-9-19(25)13-20(26)10-15/h6-10,12-13,18,21H,2-5,11,14H2,1H3,(H,27,28). The van der Waals surface area contributed by atoms with Crippen molar-refractivity contribution in [2.45, 2.75) is 44.1 Å². The van der Waals surface area contributed by atoms with Gasteiger partial charge in [0.2, 0.25) is 5.91 Å². The van der Waals surface area contributed by atoms with Gasteiger partial charge < -0.3 is 14.8 Å². The van der Waals surface area contributed by atoms with Crippen molar-refractivity contribution in [3.05, 3.63) is 63.1 Å². The van der Waals surface area contributed by atoms with Crippen LogP contribution < -0.4 is 14.8 Å². The molecule has 1 N–H and O–H groups in total. The zero-order valence-electron chi connectivity index (χ0n) is 16.9. The van der Waals surface area contributed by atoms with Crippen molar-refractivity contribution in [3.8, 4) is 11.5 Å². The Morgan fingerprint density at radius 2 is 1.77 bits per heavy atom. The van der Waals surface area contributed by atoms with Gasteiger partial charge in [-0.15, -0.1) is 0 Å². The van der Waals surface area contributed by atoms with E-state index >= 15 is 0 Å². The molecule has 1 amide bonds. The van der Waals surface area contributed by atoms with E-state index in [-0.39, 0.29) is 17.9 Å². The molecule has 158 valence electrons. The Kier molecular flexibility index (Phi) is 6.55. The Morgan fingerprint density at radius 1 is 1.03 bits per heavy atom. The van der Waals surface area contributed by atoms with Gasteiger partial charge in [-0.25, -0.2) is 0 Å². The summed E-state index contributed by atoms with van der Waals surface area (Å²) in [6, 6.07) is 11.4. The number of hydrogen-bond acceptors (Lipinski definition) is 3. The first-order valence-electron chi connectivity index (χ1n) is 10.3. The smallest absolute Gasteiger partial charge is 0.247 e. The van der Waals surface area contributed by atoms with Crippen molar-refractivity contribution in [2.75, 3.05) is 13.7 Å². The largest absolute Gasteiger partial charge is 0.493 e. The second-order valence-electron chi connectivity index (χ2n) is 7.92. The molecule has 1 unspecified atom stereocenters. The number of rotatable bonds is 5. The second kappa shape index (κ2) is 9.32. The van der Waals surface area contributed by atoms with Crippen LogP contribution in [0.1, 0.15) is 49.1 Å². The fourth-order valence-corrected chi connectivity index (χ4v) is 4.75. The van der Waals surface area contributed by atoms with E-state index in [1.54, 1.807) is 25.3 Å². The molecule has 1 aliphatic carbocycles. The summed E-state index contributed by atoms with van der Waals surface area (Å²) in [5.74, 6) is 1.62. The van der Waals surface area contributed by atoms with Crippen LogP contribution in [0.2, 0.25) is 10.0 Å². The minimum Gasteiger partial charge on any atom is -0.493 e. The lowest BCUT2D eigenvalue weighted by atomic mass is 9.87. The quantitative estimate of drug-likeness (QED) is 0.573. The van der Waals surface area contributed by atoms with Crippen LogP contribution >= 0.6 is 23.2 Å². The number of carbonyl (C=O) groups excluding carboxylic acids is 1. The maximum Gasteiger partial charge on any atom is 0.247 e. The van der Waals surface area contributed by atoms with Crippen LogP contribution in [0.5, 0.6) is 11.5 Å². The second-order valence-corrected chi connectivity index (χ2v) is 8.79. The van der Waals surface area contributed by atoms with Gasteiger partial charge in [0, 0.05) is 28.1 Å². The Hall–Kier alpha value is -2.17. The highest BCUT2D eigenvalue weighted by Crippen LogP contribution is 2.37. The number of amides is 1. The molecule has 2 aromatic rings. The lowest BCUT2D eigenvalue weighted by Crippen LogP contribution is -2.35. The van der Waals surface area contributed by atoms with Crippen LogP contribution in [0, 0.1) is 0 Å². The number of nitrogens with one attached hydrogen (secondary N) is 1. The van der Waals surface area contributed by atoms with Crippen molar-refractivity contribution in [2.24, 2.45) is 0 Å². The van der Waals surface area contributed by atoms with E-state index in [9.17, 15) is 4.79 Å². The Morgan fingerprint density at radius 3 is 2.47 bits per heavy atom. The maximum atomic E-state index is 12.5. The van der Waals surface area contributed by atoms with Gasteiger partial charge in [0.05, 0.1) is 13.2 Å². The number of halogens is 2. The first-order chi connectivity index (χ1) is 14.5. The Labute approximate surface area is 187 Å². The minimum atomic E-state index is -0.0571. The summed E-state index contributed by atoms with van der Waals surface area (Å²) in [6.07, 6.45) is 7.34. The summed E-state index contributed by atoms with van der Waals surface area (Å²) in [5.41, 5.74) is 2.65. The van der Waals surface area contributed by atoms with Crippen LogP contribution in [-0.2, 0) is 4.79 Å². The Balaban J connectivity index is 1.57. The normalized spacial score (nSPS) is 21.0. The Bertz CT molecular complexity index is 947. The number of benzene rings is 2. The summed E-state index contributed by atoms with van der Waals surface area (Å²) in [6.45, 7) is 0.585. The molecule has 0 radical (unpaired) electrons. The highest BCUT2D eigenvalue weighted by Gasteiger charge is 2.26. The van der Waals surface area contributed by atoms with Gasteiger partial charge >= 0.3 is 0 Å². The highest BCUT2D eigenvalue weighted by molar-refractivity contribution is 6.34. The van der Waals surface area contributed by atoms with E-state index in [0.29, 0.717) is 28.6 Å². The van der Waals surface area contributed by atoms with Crippen LogP contribution in [-0.4, -0.2) is 25.7 Å². The van der Waals surface area contributed by atoms with E-state index in [2.05, 4.69) is 17.4 Å². The summed E-state index contributed by atoms with van der Waals surface area (Å²) >= 11 is 12.2. The zero-order chi connectivity index (χ0) is 21.1. The van der Waals surface area contributed by atoms with Crippen LogP contribution in [0.4, 0.5) is 0 Å². The van der Waals surface area contributed by atoms with Gasteiger partial charge in [-0.1, -0.05) is 29.3 Å². The molecule has 0 aromatic heterocycles. The molecule has 0 bridgehead atoms. The molecular formula is C24H25Cl2NO3. The first kappa shape index (κ1) is 21.1. The van der Waals surface area contributed by atoms with Crippen molar-refractivity contribution in [3.63, 3.8) is 0 Å². The molecule has 1 saturated carbocycles. The van der Waals surface area contributed by atoms with Crippen molar-refractivity contribution in [1.29, 1.82) is 0 Å². The predicted octanol–water partition coefficient (Wildman–Crippen LogP) is 6.01. The average molecular weight is 446 g/mol. The monoisotopic (exact) mass is 445 g/mol. The molecule has 2 aliphatic rings. The molecule has 1 atom stereocenters. The van der Waals surface area contributed by atoms with Crippen LogP contribution in [0.15, 0.2) is 42.0 Å². The molecule has 0 spiro atoms. The highest BCUT2D eigenvalue weighted by atomic mass is 35.5.